The number of nitrogens with zero attached hydrogens (tertiary/aromatic N) is 4. The lowest BCUT2D eigenvalue weighted by molar-refractivity contribution is -0.0950. The highest BCUT2D eigenvalue weighted by atomic mass is 16.6. The molecule has 1 saturated heterocycles. The summed E-state index contributed by atoms with van der Waals surface area (Å²) in [5.74, 6) is 2.32. The molecule has 116 valence electrons. The van der Waals surface area contributed by atoms with Gasteiger partial charge in [0, 0.05) is 0 Å². The molecule has 1 fully saturated rings. The van der Waals surface area contributed by atoms with E-state index in [1.165, 1.54) is 17.8 Å². The number of imidazole rings is 1. The number of nitrogens with two attached hydrogens (primary N) is 1. The number of aliphatic hydroxyl groups is 3. The van der Waals surface area contributed by atoms with Gasteiger partial charge in [0.15, 0.2) is 11.9 Å². The molecule has 9 nitrogen and oxygen atoms in total. The Balaban J connectivity index is 2.16. The molecule has 5 N–H and O–H groups in total. The second-order valence-electron chi connectivity index (χ2n) is 5.28. The van der Waals surface area contributed by atoms with Crippen LogP contribution in [0.1, 0.15) is 18.8 Å². The van der Waals surface area contributed by atoms with Crippen LogP contribution < -0.4 is 5.73 Å². The van der Waals surface area contributed by atoms with Crippen LogP contribution >= 0.6 is 0 Å². The highest BCUT2D eigenvalue weighted by Gasteiger charge is 2.53. The molecule has 0 aromatic carbocycles. The van der Waals surface area contributed by atoms with E-state index in [9.17, 15) is 15.3 Å². The van der Waals surface area contributed by atoms with E-state index < -0.39 is 30.6 Å². The lowest BCUT2D eigenvalue weighted by Crippen LogP contribution is -2.44. The van der Waals surface area contributed by atoms with E-state index in [4.69, 9.17) is 16.9 Å². The van der Waals surface area contributed by atoms with Gasteiger partial charge in [-0.05, 0) is 12.8 Å². The van der Waals surface area contributed by atoms with E-state index in [0.717, 1.165) is 0 Å². The highest BCUT2D eigenvalue weighted by Crippen LogP contribution is 2.39. The van der Waals surface area contributed by atoms with E-state index in [2.05, 4.69) is 20.9 Å². The number of aliphatic hydroxyl groups excluding tert-OH is 2. The summed E-state index contributed by atoms with van der Waals surface area (Å²) in [6, 6.07) is 0. The monoisotopic (exact) mass is 305 g/mol. The lowest BCUT2D eigenvalue weighted by Gasteiger charge is -2.27. The predicted octanol–water partition coefficient (Wildman–Crippen LogP) is -1.61. The van der Waals surface area contributed by atoms with E-state index >= 15 is 0 Å². The zero-order valence-electron chi connectivity index (χ0n) is 11.7. The summed E-state index contributed by atoms with van der Waals surface area (Å²) >= 11 is 0. The Hall–Kier alpha value is -2.25. The molecule has 22 heavy (non-hydrogen) atoms. The van der Waals surface area contributed by atoms with Gasteiger partial charge >= 0.3 is 0 Å². The normalized spacial score (nSPS) is 31.5. The van der Waals surface area contributed by atoms with E-state index in [-0.39, 0.29) is 17.3 Å². The number of terminal acetylenes is 1. The van der Waals surface area contributed by atoms with Crippen molar-refractivity contribution in [3.8, 4) is 12.3 Å². The van der Waals surface area contributed by atoms with Gasteiger partial charge in [-0.1, -0.05) is 0 Å². The van der Waals surface area contributed by atoms with Crippen LogP contribution in [0, 0.1) is 12.3 Å². The van der Waals surface area contributed by atoms with E-state index in [0.29, 0.717) is 5.52 Å². The first-order chi connectivity index (χ1) is 10.4. The van der Waals surface area contributed by atoms with Crippen LogP contribution in [0.2, 0.25) is 0 Å². The number of rotatable bonds is 2. The standard InChI is InChI=1S/C13H15N5O4/c1-3-6-8-10(17-12(14)16-6)18(5-15-8)11-13(2,21)9(20)7(4-19)22-11/h1,5,7,9,11,19-21H,4H2,2H3,(H2,14,16,17)/t7?,9?,11?,13-/m1/s1. The second kappa shape index (κ2) is 4.89. The molecule has 3 heterocycles. The molecule has 4 atom stereocenters. The van der Waals surface area contributed by atoms with Crippen LogP contribution in [0.4, 0.5) is 5.95 Å². The zero-order chi connectivity index (χ0) is 16.1. The van der Waals surface area contributed by atoms with Gasteiger partial charge in [0.05, 0.1) is 12.9 Å². The van der Waals surface area contributed by atoms with Crippen molar-refractivity contribution in [2.24, 2.45) is 0 Å². The second-order valence-corrected chi connectivity index (χ2v) is 5.28. The van der Waals surface area contributed by atoms with Gasteiger partial charge in [0.25, 0.3) is 0 Å². The minimum atomic E-state index is -1.66. The number of ether oxygens (including phenoxy) is 1. The third kappa shape index (κ3) is 1.93. The SMILES string of the molecule is C#Cc1nc(N)nc2c1ncn2C1OC(CO)C(O)[C@@]1(C)O. The number of nitrogen functional groups attached to an aromatic ring is 1. The quantitative estimate of drug-likeness (QED) is 0.486. The topological polar surface area (TPSA) is 140 Å². The summed E-state index contributed by atoms with van der Waals surface area (Å²) in [4.78, 5) is 12.1. The minimum Gasteiger partial charge on any atom is -0.394 e. The molecule has 0 amide bonds. The first-order valence-electron chi connectivity index (χ1n) is 6.53. The average Bonchev–Trinajstić information content (AvgIpc) is 2.98. The molecular weight excluding hydrogens is 290 g/mol. The smallest absolute Gasteiger partial charge is 0.223 e. The van der Waals surface area contributed by atoms with Crippen molar-refractivity contribution in [3.05, 3.63) is 12.0 Å². The van der Waals surface area contributed by atoms with Crippen LogP contribution in [-0.2, 0) is 4.74 Å². The van der Waals surface area contributed by atoms with Gasteiger partial charge < -0.3 is 25.8 Å². The maximum Gasteiger partial charge on any atom is 0.223 e. The largest absolute Gasteiger partial charge is 0.394 e. The van der Waals surface area contributed by atoms with Crippen molar-refractivity contribution in [3.63, 3.8) is 0 Å². The summed E-state index contributed by atoms with van der Waals surface area (Å²) in [5, 5.41) is 29.8. The van der Waals surface area contributed by atoms with Crippen LogP contribution in [0.15, 0.2) is 6.33 Å². The van der Waals surface area contributed by atoms with Gasteiger partial charge in [-0.2, -0.15) is 4.98 Å². The Bertz CT molecular complexity index is 766. The Kier molecular flexibility index (Phi) is 3.26. The van der Waals surface area contributed by atoms with E-state index in [1.807, 2.05) is 0 Å². The van der Waals surface area contributed by atoms with Gasteiger partial charge in [-0.15, -0.1) is 6.42 Å². The summed E-state index contributed by atoms with van der Waals surface area (Å²) < 4.78 is 6.93. The van der Waals surface area contributed by atoms with Gasteiger partial charge in [0.2, 0.25) is 5.95 Å². The number of hydrogen-bond donors (Lipinski definition) is 4. The first-order valence-corrected chi connectivity index (χ1v) is 6.53. The molecule has 0 saturated carbocycles. The average molecular weight is 305 g/mol. The van der Waals surface area contributed by atoms with Gasteiger partial charge in [-0.25, -0.2) is 9.97 Å². The molecule has 2 aromatic rings. The molecule has 3 unspecified atom stereocenters. The molecule has 1 aliphatic heterocycles. The molecule has 0 bridgehead atoms. The Morgan fingerprint density at radius 1 is 1.55 bits per heavy atom. The molecule has 0 aliphatic carbocycles. The van der Waals surface area contributed by atoms with Gasteiger partial charge in [-0.3, -0.25) is 4.57 Å². The highest BCUT2D eigenvalue weighted by molar-refractivity contribution is 5.77. The Labute approximate surface area is 125 Å². The van der Waals surface area contributed by atoms with Crippen LogP contribution in [0.3, 0.4) is 0 Å². The summed E-state index contributed by atoms with van der Waals surface area (Å²) in [6.07, 6.45) is 3.53. The molecule has 1 aliphatic rings. The maximum absolute atomic E-state index is 10.5. The molecule has 0 spiro atoms. The van der Waals surface area contributed by atoms with E-state index in [1.54, 1.807) is 0 Å². The van der Waals surface area contributed by atoms with Crippen molar-refractivity contribution < 1.29 is 20.1 Å². The van der Waals surface area contributed by atoms with Gasteiger partial charge in [0.1, 0.15) is 29.0 Å². The van der Waals surface area contributed by atoms with Crippen molar-refractivity contribution in [1.29, 1.82) is 0 Å². The van der Waals surface area contributed by atoms with Crippen molar-refractivity contribution in [1.82, 2.24) is 19.5 Å². The third-order valence-electron chi connectivity index (χ3n) is 3.76. The molecule has 0 radical (unpaired) electrons. The number of hydrogen-bond acceptors (Lipinski definition) is 8. The minimum absolute atomic E-state index is 0.0425. The molecular formula is C13H15N5O4. The summed E-state index contributed by atoms with van der Waals surface area (Å²) in [6.45, 7) is 0.962. The first kappa shape index (κ1) is 14.7. The summed E-state index contributed by atoms with van der Waals surface area (Å²) in [7, 11) is 0. The number of fused-ring (bicyclic) bond motifs is 1. The Morgan fingerprint density at radius 3 is 2.86 bits per heavy atom. The number of aromatic nitrogens is 4. The molecule has 2 aromatic heterocycles. The van der Waals surface area contributed by atoms with Crippen LogP contribution in [-0.4, -0.2) is 59.3 Å². The third-order valence-corrected chi connectivity index (χ3v) is 3.76. The summed E-state index contributed by atoms with van der Waals surface area (Å²) in [5.41, 5.74) is 4.79. The predicted molar refractivity (Wildman–Crippen MR) is 75.3 cm³/mol. The fraction of sp³-hybridized carbons (Fsp3) is 0.462. The van der Waals surface area contributed by atoms with Crippen molar-refractivity contribution >= 4 is 17.1 Å². The lowest BCUT2D eigenvalue weighted by atomic mass is 9.96. The molecule has 9 heteroatoms. The zero-order valence-corrected chi connectivity index (χ0v) is 11.7. The van der Waals surface area contributed by atoms with Crippen molar-refractivity contribution in [2.45, 2.75) is 31.0 Å². The Morgan fingerprint density at radius 2 is 2.27 bits per heavy atom. The fourth-order valence-electron chi connectivity index (χ4n) is 2.60. The maximum atomic E-state index is 10.5. The fourth-order valence-corrected chi connectivity index (χ4v) is 2.60. The van der Waals surface area contributed by atoms with Crippen LogP contribution in [0.5, 0.6) is 0 Å². The molecule has 3 rings (SSSR count). The van der Waals surface area contributed by atoms with Crippen LogP contribution in [0.25, 0.3) is 11.2 Å². The number of anilines is 1. The van der Waals surface area contributed by atoms with Crippen molar-refractivity contribution in [2.75, 3.05) is 12.3 Å².